The molecule has 1 atom stereocenters. The lowest BCUT2D eigenvalue weighted by Gasteiger charge is -2.09. The highest BCUT2D eigenvalue weighted by molar-refractivity contribution is 7.13. The summed E-state index contributed by atoms with van der Waals surface area (Å²) in [5.74, 6) is -0.0704. The van der Waals surface area contributed by atoms with Crippen molar-refractivity contribution >= 4 is 28.8 Å². The predicted octanol–water partition coefficient (Wildman–Crippen LogP) is 2.47. The van der Waals surface area contributed by atoms with E-state index in [9.17, 15) is 4.79 Å². The molecule has 2 rings (SSSR count). The van der Waals surface area contributed by atoms with Gasteiger partial charge in [-0.25, -0.2) is 4.98 Å². The molecule has 0 saturated heterocycles. The highest BCUT2D eigenvalue weighted by Gasteiger charge is 2.12. The maximum Gasteiger partial charge on any atom is 0.226 e. The summed E-state index contributed by atoms with van der Waals surface area (Å²) >= 11 is 7.62. The minimum atomic E-state index is -0.0704. The summed E-state index contributed by atoms with van der Waals surface area (Å²) < 4.78 is 0. The van der Waals surface area contributed by atoms with Gasteiger partial charge in [0.15, 0.2) is 0 Å². The summed E-state index contributed by atoms with van der Waals surface area (Å²) in [6.45, 7) is 2.29. The van der Waals surface area contributed by atoms with E-state index in [1.165, 1.54) is 11.3 Å². The van der Waals surface area contributed by atoms with E-state index in [-0.39, 0.29) is 18.4 Å². The van der Waals surface area contributed by atoms with Gasteiger partial charge < -0.3 is 11.1 Å². The number of thiazole rings is 1. The number of amides is 1. The van der Waals surface area contributed by atoms with Crippen LogP contribution in [0.2, 0.25) is 5.02 Å². The van der Waals surface area contributed by atoms with Crippen molar-refractivity contribution < 1.29 is 4.79 Å². The number of carbonyl (C=O) groups excluding carboxylic acids is 1. The van der Waals surface area contributed by atoms with Crippen LogP contribution in [0.15, 0.2) is 29.6 Å². The molecule has 3 N–H and O–H groups in total. The zero-order chi connectivity index (χ0) is 14.5. The van der Waals surface area contributed by atoms with Crippen molar-refractivity contribution in [3.8, 4) is 10.6 Å². The van der Waals surface area contributed by atoms with Gasteiger partial charge in [-0.05, 0) is 13.0 Å². The van der Waals surface area contributed by atoms with Crippen molar-refractivity contribution in [3.63, 3.8) is 0 Å². The summed E-state index contributed by atoms with van der Waals surface area (Å²) in [5.41, 5.74) is 7.10. The molecule has 0 aliphatic rings. The number of aromatic nitrogens is 1. The molecule has 1 heterocycles. The zero-order valence-corrected chi connectivity index (χ0v) is 12.7. The van der Waals surface area contributed by atoms with Crippen LogP contribution in [-0.2, 0) is 11.2 Å². The Labute approximate surface area is 127 Å². The molecule has 0 radical (unpaired) electrons. The quantitative estimate of drug-likeness (QED) is 0.891. The third kappa shape index (κ3) is 3.79. The minimum Gasteiger partial charge on any atom is -0.352 e. The fourth-order valence-electron chi connectivity index (χ4n) is 1.70. The summed E-state index contributed by atoms with van der Waals surface area (Å²) in [6, 6.07) is 7.51. The smallest absolute Gasteiger partial charge is 0.226 e. The van der Waals surface area contributed by atoms with Crippen LogP contribution >= 0.6 is 22.9 Å². The second-order valence-corrected chi connectivity index (χ2v) is 5.77. The molecule has 6 heteroatoms. The zero-order valence-electron chi connectivity index (χ0n) is 11.1. The van der Waals surface area contributed by atoms with E-state index in [4.69, 9.17) is 17.3 Å². The van der Waals surface area contributed by atoms with E-state index < -0.39 is 0 Å². The molecule has 1 amide bonds. The van der Waals surface area contributed by atoms with Crippen LogP contribution in [0.25, 0.3) is 10.6 Å². The van der Waals surface area contributed by atoms with Gasteiger partial charge >= 0.3 is 0 Å². The van der Waals surface area contributed by atoms with Crippen molar-refractivity contribution in [2.24, 2.45) is 5.73 Å². The van der Waals surface area contributed by atoms with Gasteiger partial charge in [0, 0.05) is 23.5 Å². The van der Waals surface area contributed by atoms with E-state index in [0.717, 1.165) is 16.3 Å². The first kappa shape index (κ1) is 15.0. The summed E-state index contributed by atoms with van der Waals surface area (Å²) in [4.78, 5) is 16.2. The lowest BCUT2D eigenvalue weighted by molar-refractivity contribution is -0.121. The molecule has 106 valence electrons. The summed E-state index contributed by atoms with van der Waals surface area (Å²) in [5, 5.41) is 6.18. The molecule has 0 spiro atoms. The van der Waals surface area contributed by atoms with E-state index in [1.807, 2.05) is 36.6 Å². The van der Waals surface area contributed by atoms with Crippen molar-refractivity contribution in [2.45, 2.75) is 19.4 Å². The fraction of sp³-hybridized carbons (Fsp3) is 0.286. The highest BCUT2D eigenvalue weighted by atomic mass is 35.5. The van der Waals surface area contributed by atoms with Crippen LogP contribution in [0.3, 0.4) is 0 Å². The average molecular weight is 310 g/mol. The second kappa shape index (κ2) is 6.83. The Morgan fingerprint density at radius 1 is 1.50 bits per heavy atom. The van der Waals surface area contributed by atoms with Crippen LogP contribution in [-0.4, -0.2) is 23.5 Å². The number of halogens is 1. The molecule has 0 aliphatic carbocycles. The van der Waals surface area contributed by atoms with Gasteiger partial charge in [-0.15, -0.1) is 11.3 Å². The van der Waals surface area contributed by atoms with E-state index >= 15 is 0 Å². The number of nitrogens with two attached hydrogens (primary N) is 1. The van der Waals surface area contributed by atoms with E-state index in [0.29, 0.717) is 11.6 Å². The lowest BCUT2D eigenvalue weighted by atomic mass is 10.2. The van der Waals surface area contributed by atoms with Crippen LogP contribution in [0.1, 0.15) is 12.6 Å². The molecule has 0 unspecified atom stereocenters. The first-order valence-electron chi connectivity index (χ1n) is 6.29. The molecule has 2 aromatic rings. The van der Waals surface area contributed by atoms with Crippen molar-refractivity contribution in [3.05, 3.63) is 40.4 Å². The second-order valence-electron chi connectivity index (χ2n) is 4.50. The third-order valence-corrected chi connectivity index (χ3v) is 4.01. The van der Waals surface area contributed by atoms with Crippen LogP contribution in [0, 0.1) is 0 Å². The number of nitrogens with zero attached hydrogens (tertiary/aromatic N) is 1. The molecule has 0 aliphatic heterocycles. The first-order chi connectivity index (χ1) is 9.60. The van der Waals surface area contributed by atoms with Crippen molar-refractivity contribution in [1.82, 2.24) is 10.3 Å². The monoisotopic (exact) mass is 309 g/mol. The van der Waals surface area contributed by atoms with Gasteiger partial charge in [0.05, 0.1) is 17.1 Å². The molecule has 1 aromatic carbocycles. The van der Waals surface area contributed by atoms with Gasteiger partial charge in [0.2, 0.25) is 5.91 Å². The molecule has 0 fully saturated rings. The molecular formula is C14H16ClN3OS. The molecule has 4 nitrogen and oxygen atoms in total. The van der Waals surface area contributed by atoms with Crippen molar-refractivity contribution in [1.29, 1.82) is 0 Å². The first-order valence-corrected chi connectivity index (χ1v) is 7.54. The molecule has 0 bridgehead atoms. The van der Waals surface area contributed by atoms with E-state index in [1.54, 1.807) is 0 Å². The standard InChI is InChI=1S/C14H16ClN3OS/c1-9(7-16)17-13(19)6-10-8-20-14(18-10)11-4-2-3-5-12(11)15/h2-5,8-9H,6-7,16H2,1H3,(H,17,19)/t9-/m0/s1. The maximum absolute atomic E-state index is 11.8. The largest absolute Gasteiger partial charge is 0.352 e. The Balaban J connectivity index is 2.06. The number of benzene rings is 1. The molecular weight excluding hydrogens is 294 g/mol. The lowest BCUT2D eigenvalue weighted by Crippen LogP contribution is -2.38. The normalized spacial score (nSPS) is 12.2. The average Bonchev–Trinajstić information content (AvgIpc) is 2.87. The number of rotatable bonds is 5. The number of carbonyl (C=O) groups is 1. The maximum atomic E-state index is 11.8. The summed E-state index contributed by atoms with van der Waals surface area (Å²) in [6.07, 6.45) is 0.255. The van der Waals surface area contributed by atoms with Gasteiger partial charge in [-0.1, -0.05) is 29.8 Å². The predicted molar refractivity (Wildman–Crippen MR) is 82.9 cm³/mol. The van der Waals surface area contributed by atoms with E-state index in [2.05, 4.69) is 10.3 Å². The number of hydrogen-bond acceptors (Lipinski definition) is 4. The van der Waals surface area contributed by atoms with Gasteiger partial charge in [-0.2, -0.15) is 0 Å². The molecule has 0 saturated carbocycles. The Morgan fingerprint density at radius 2 is 2.25 bits per heavy atom. The Hall–Kier alpha value is -1.43. The Morgan fingerprint density at radius 3 is 2.95 bits per heavy atom. The van der Waals surface area contributed by atoms with Gasteiger partial charge in [-0.3, -0.25) is 4.79 Å². The van der Waals surface area contributed by atoms with Crippen LogP contribution in [0.5, 0.6) is 0 Å². The highest BCUT2D eigenvalue weighted by Crippen LogP contribution is 2.30. The number of nitrogens with one attached hydrogen (secondary N) is 1. The Kier molecular flexibility index (Phi) is 5.11. The van der Waals surface area contributed by atoms with Gasteiger partial charge in [0.25, 0.3) is 0 Å². The van der Waals surface area contributed by atoms with Gasteiger partial charge in [0.1, 0.15) is 5.01 Å². The third-order valence-electron chi connectivity index (χ3n) is 2.76. The molecule has 20 heavy (non-hydrogen) atoms. The SMILES string of the molecule is C[C@@H](CN)NC(=O)Cc1csc(-c2ccccc2Cl)n1. The number of hydrogen-bond donors (Lipinski definition) is 2. The topological polar surface area (TPSA) is 68.0 Å². The fourth-order valence-corrected chi connectivity index (χ4v) is 2.84. The Bertz CT molecular complexity index is 600. The molecule has 1 aromatic heterocycles. The summed E-state index contributed by atoms with van der Waals surface area (Å²) in [7, 11) is 0. The minimum absolute atomic E-state index is 0.0239. The van der Waals surface area contributed by atoms with Crippen LogP contribution < -0.4 is 11.1 Å². The van der Waals surface area contributed by atoms with Crippen molar-refractivity contribution in [2.75, 3.05) is 6.54 Å². The van der Waals surface area contributed by atoms with Crippen LogP contribution in [0.4, 0.5) is 0 Å².